The van der Waals surface area contributed by atoms with E-state index in [1.165, 1.54) is 38.5 Å². The molecule has 0 aromatic carbocycles. The molecule has 1 nitrogen and oxygen atoms in total. The van der Waals surface area contributed by atoms with Gasteiger partial charge in [-0.3, -0.25) is 0 Å². The molecular formula is C14H28O. The maximum atomic E-state index is 6.06. The van der Waals surface area contributed by atoms with Crippen LogP contribution in [0.3, 0.4) is 0 Å². The van der Waals surface area contributed by atoms with Crippen LogP contribution in [0.4, 0.5) is 0 Å². The molecule has 0 spiro atoms. The van der Waals surface area contributed by atoms with E-state index in [1.54, 1.807) is 0 Å². The molecule has 1 fully saturated rings. The first-order valence-corrected chi connectivity index (χ1v) is 6.73. The fraction of sp³-hybridized carbons (Fsp3) is 1.00. The number of ether oxygens (including phenoxy) is 1. The molecule has 0 aromatic heterocycles. The van der Waals surface area contributed by atoms with Gasteiger partial charge in [-0.1, -0.05) is 27.7 Å². The maximum absolute atomic E-state index is 6.06. The Hall–Kier alpha value is -0.0400. The minimum absolute atomic E-state index is 0.574. The lowest BCUT2D eigenvalue weighted by atomic mass is 10.0. The van der Waals surface area contributed by atoms with Crippen LogP contribution in [0.15, 0.2) is 0 Å². The van der Waals surface area contributed by atoms with Gasteiger partial charge in [-0.2, -0.15) is 0 Å². The van der Waals surface area contributed by atoms with Gasteiger partial charge in [0, 0.05) is 0 Å². The molecule has 0 saturated carbocycles. The molecule has 2 unspecified atom stereocenters. The van der Waals surface area contributed by atoms with Crippen LogP contribution in [0.25, 0.3) is 0 Å². The van der Waals surface area contributed by atoms with Crippen LogP contribution >= 0.6 is 0 Å². The van der Waals surface area contributed by atoms with Crippen molar-refractivity contribution in [3.8, 4) is 0 Å². The maximum Gasteiger partial charge on any atom is 0.0580 e. The van der Waals surface area contributed by atoms with Crippen LogP contribution in [0.2, 0.25) is 0 Å². The molecule has 0 aromatic rings. The molecule has 0 bridgehead atoms. The third-order valence-corrected chi connectivity index (χ3v) is 3.33. The molecule has 0 aliphatic carbocycles. The van der Waals surface area contributed by atoms with Crippen LogP contribution in [0.5, 0.6) is 0 Å². The van der Waals surface area contributed by atoms with Crippen molar-refractivity contribution in [3.63, 3.8) is 0 Å². The molecule has 0 radical (unpaired) electrons. The molecular weight excluding hydrogens is 184 g/mol. The van der Waals surface area contributed by atoms with Gasteiger partial charge in [-0.05, 0) is 50.4 Å². The Morgan fingerprint density at radius 1 is 0.867 bits per heavy atom. The Labute approximate surface area is 95.6 Å². The van der Waals surface area contributed by atoms with Gasteiger partial charge in [0.2, 0.25) is 0 Å². The number of hydrogen-bond donors (Lipinski definition) is 0. The third kappa shape index (κ3) is 5.55. The predicted octanol–water partition coefficient (Wildman–Crippen LogP) is 4.41. The van der Waals surface area contributed by atoms with Gasteiger partial charge in [0.15, 0.2) is 0 Å². The largest absolute Gasteiger partial charge is 0.375 e. The van der Waals surface area contributed by atoms with Crippen LogP contribution < -0.4 is 0 Å². The van der Waals surface area contributed by atoms with Gasteiger partial charge in [0.1, 0.15) is 0 Å². The van der Waals surface area contributed by atoms with Crippen molar-refractivity contribution >= 4 is 0 Å². The molecule has 1 aliphatic rings. The van der Waals surface area contributed by atoms with E-state index in [2.05, 4.69) is 27.7 Å². The SMILES string of the molecule is CC(C)CCC1CCC(CCC(C)C)O1. The van der Waals surface area contributed by atoms with E-state index in [4.69, 9.17) is 4.74 Å². The van der Waals surface area contributed by atoms with E-state index in [-0.39, 0.29) is 0 Å². The van der Waals surface area contributed by atoms with Crippen molar-refractivity contribution in [3.05, 3.63) is 0 Å². The van der Waals surface area contributed by atoms with Crippen molar-refractivity contribution in [2.24, 2.45) is 11.8 Å². The zero-order valence-electron chi connectivity index (χ0n) is 11.0. The summed E-state index contributed by atoms with van der Waals surface area (Å²) in [6, 6.07) is 0. The van der Waals surface area contributed by atoms with Gasteiger partial charge in [-0.15, -0.1) is 0 Å². The van der Waals surface area contributed by atoms with E-state index in [9.17, 15) is 0 Å². The Balaban J connectivity index is 2.10. The van der Waals surface area contributed by atoms with E-state index in [0.717, 1.165) is 11.8 Å². The van der Waals surface area contributed by atoms with Crippen molar-refractivity contribution in [2.45, 2.75) is 78.4 Å². The quantitative estimate of drug-likeness (QED) is 0.634. The lowest BCUT2D eigenvalue weighted by Crippen LogP contribution is -2.12. The number of rotatable bonds is 6. The van der Waals surface area contributed by atoms with Gasteiger partial charge in [-0.25, -0.2) is 0 Å². The molecule has 1 aliphatic heterocycles. The average Bonchev–Trinajstić information content (AvgIpc) is 2.59. The molecule has 1 saturated heterocycles. The minimum atomic E-state index is 0.574. The fourth-order valence-corrected chi connectivity index (χ4v) is 2.24. The highest BCUT2D eigenvalue weighted by atomic mass is 16.5. The Morgan fingerprint density at radius 3 is 1.60 bits per heavy atom. The molecule has 1 heterocycles. The molecule has 2 atom stereocenters. The van der Waals surface area contributed by atoms with Crippen LogP contribution in [-0.2, 0) is 4.74 Å². The summed E-state index contributed by atoms with van der Waals surface area (Å²) in [6.45, 7) is 9.19. The first-order chi connectivity index (χ1) is 7.08. The third-order valence-electron chi connectivity index (χ3n) is 3.33. The highest BCUT2D eigenvalue weighted by Gasteiger charge is 2.24. The van der Waals surface area contributed by atoms with E-state index in [0.29, 0.717) is 12.2 Å². The highest BCUT2D eigenvalue weighted by Crippen LogP contribution is 2.27. The summed E-state index contributed by atoms with van der Waals surface area (Å²) >= 11 is 0. The summed E-state index contributed by atoms with van der Waals surface area (Å²) < 4.78 is 6.06. The summed E-state index contributed by atoms with van der Waals surface area (Å²) in [5.74, 6) is 1.65. The predicted molar refractivity (Wildman–Crippen MR) is 66.0 cm³/mol. The second-order valence-corrected chi connectivity index (χ2v) is 5.90. The zero-order valence-corrected chi connectivity index (χ0v) is 11.0. The summed E-state index contributed by atoms with van der Waals surface area (Å²) in [6.07, 6.45) is 8.94. The summed E-state index contributed by atoms with van der Waals surface area (Å²) in [5.41, 5.74) is 0. The van der Waals surface area contributed by atoms with Gasteiger partial charge >= 0.3 is 0 Å². The summed E-state index contributed by atoms with van der Waals surface area (Å²) in [5, 5.41) is 0. The highest BCUT2D eigenvalue weighted by molar-refractivity contribution is 4.74. The van der Waals surface area contributed by atoms with Crippen molar-refractivity contribution < 1.29 is 4.74 Å². The Kier molecular flexibility index (Phi) is 5.66. The van der Waals surface area contributed by atoms with Gasteiger partial charge in [0.05, 0.1) is 12.2 Å². The van der Waals surface area contributed by atoms with Crippen molar-refractivity contribution in [2.75, 3.05) is 0 Å². The monoisotopic (exact) mass is 212 g/mol. The lowest BCUT2D eigenvalue weighted by Gasteiger charge is -2.15. The van der Waals surface area contributed by atoms with Crippen LogP contribution in [0.1, 0.15) is 66.2 Å². The molecule has 90 valence electrons. The first kappa shape index (κ1) is 13.0. The smallest absolute Gasteiger partial charge is 0.0580 e. The molecule has 0 amide bonds. The van der Waals surface area contributed by atoms with Crippen molar-refractivity contribution in [1.82, 2.24) is 0 Å². The van der Waals surface area contributed by atoms with Crippen molar-refractivity contribution in [1.29, 1.82) is 0 Å². The topological polar surface area (TPSA) is 9.23 Å². The lowest BCUT2D eigenvalue weighted by molar-refractivity contribution is 0.0308. The summed E-state index contributed by atoms with van der Waals surface area (Å²) in [4.78, 5) is 0. The summed E-state index contributed by atoms with van der Waals surface area (Å²) in [7, 11) is 0. The molecule has 1 heteroatoms. The van der Waals surface area contributed by atoms with Gasteiger partial charge in [0.25, 0.3) is 0 Å². The standard InChI is InChI=1S/C14H28O/c1-11(2)5-7-13-9-10-14(15-13)8-6-12(3)4/h11-14H,5-10H2,1-4H3. The molecule has 1 rings (SSSR count). The van der Waals surface area contributed by atoms with Crippen LogP contribution in [0, 0.1) is 11.8 Å². The second-order valence-electron chi connectivity index (χ2n) is 5.90. The fourth-order valence-electron chi connectivity index (χ4n) is 2.24. The molecule has 0 N–H and O–H groups in total. The zero-order chi connectivity index (χ0) is 11.3. The minimum Gasteiger partial charge on any atom is -0.375 e. The van der Waals surface area contributed by atoms with E-state index in [1.807, 2.05) is 0 Å². The van der Waals surface area contributed by atoms with E-state index < -0.39 is 0 Å². The number of hydrogen-bond acceptors (Lipinski definition) is 1. The normalized spacial score (nSPS) is 26.8. The average molecular weight is 212 g/mol. The molecule has 15 heavy (non-hydrogen) atoms. The van der Waals surface area contributed by atoms with E-state index >= 15 is 0 Å². The first-order valence-electron chi connectivity index (χ1n) is 6.73. The van der Waals surface area contributed by atoms with Gasteiger partial charge < -0.3 is 4.74 Å². The second kappa shape index (κ2) is 6.52. The van der Waals surface area contributed by atoms with Crippen LogP contribution in [-0.4, -0.2) is 12.2 Å². The Morgan fingerprint density at radius 2 is 1.27 bits per heavy atom. The Bertz CT molecular complexity index is 145.